The van der Waals surface area contributed by atoms with Gasteiger partial charge in [0.15, 0.2) is 0 Å². The van der Waals surface area contributed by atoms with Gasteiger partial charge in [0.2, 0.25) is 5.91 Å². The van der Waals surface area contributed by atoms with E-state index in [0.29, 0.717) is 22.3 Å². The number of amides is 1. The van der Waals surface area contributed by atoms with Crippen LogP contribution in [0.1, 0.15) is 23.6 Å². The molecule has 0 unspecified atom stereocenters. The highest BCUT2D eigenvalue weighted by Crippen LogP contribution is 2.30. The van der Waals surface area contributed by atoms with Crippen LogP contribution in [0.4, 0.5) is 0 Å². The molecule has 0 saturated heterocycles. The molecule has 0 spiro atoms. The summed E-state index contributed by atoms with van der Waals surface area (Å²) in [7, 11) is 1.51. The van der Waals surface area contributed by atoms with Crippen molar-refractivity contribution in [1.82, 2.24) is 5.32 Å². The topological polar surface area (TPSA) is 106 Å². The molecule has 7 nitrogen and oxygen atoms in total. The first-order valence-corrected chi connectivity index (χ1v) is 7.37. The molecule has 0 bridgehead atoms. The molecule has 1 atom stereocenters. The number of carboxylic acids is 1. The van der Waals surface area contributed by atoms with Gasteiger partial charge in [0.25, 0.3) is 0 Å². The number of hydrogen-bond donors (Lipinski definition) is 2. The molecule has 0 aliphatic rings. The number of rotatable bonds is 5. The Bertz CT molecular complexity index is 867. The Balaban J connectivity index is 2.48. The number of ether oxygens (including phenoxy) is 1. The van der Waals surface area contributed by atoms with Gasteiger partial charge in [-0.2, -0.15) is 0 Å². The van der Waals surface area contributed by atoms with Crippen molar-refractivity contribution >= 4 is 22.8 Å². The van der Waals surface area contributed by atoms with Crippen LogP contribution in [-0.2, 0) is 16.0 Å². The second kappa shape index (κ2) is 6.74. The smallest absolute Gasteiger partial charge is 0.340 e. The normalized spacial score (nSPS) is 12.0. The van der Waals surface area contributed by atoms with Gasteiger partial charge in [-0.25, -0.2) is 4.79 Å². The molecule has 1 heterocycles. The summed E-state index contributed by atoms with van der Waals surface area (Å²) in [6, 6.07) is 2.50. The van der Waals surface area contributed by atoms with Gasteiger partial charge in [0.05, 0.1) is 24.5 Å². The van der Waals surface area contributed by atoms with Gasteiger partial charge < -0.3 is 19.6 Å². The summed E-state index contributed by atoms with van der Waals surface area (Å²) in [5, 5.41) is 11.8. The molecule has 128 valence electrons. The summed E-state index contributed by atoms with van der Waals surface area (Å²) in [6.45, 7) is 4.91. The Morgan fingerprint density at radius 1 is 1.33 bits per heavy atom. The molecule has 1 aromatic carbocycles. The van der Waals surface area contributed by atoms with Crippen molar-refractivity contribution in [3.8, 4) is 5.75 Å². The minimum Gasteiger partial charge on any atom is -0.496 e. The summed E-state index contributed by atoms with van der Waals surface area (Å²) in [4.78, 5) is 35.0. The molecule has 0 saturated carbocycles. The van der Waals surface area contributed by atoms with Gasteiger partial charge in [-0.15, -0.1) is 0 Å². The molecular weight excluding hydrogens is 314 g/mol. The summed E-state index contributed by atoms with van der Waals surface area (Å²) in [5.74, 6) is -1.17. The minimum absolute atomic E-state index is 0.180. The molecule has 2 rings (SSSR count). The maximum Gasteiger partial charge on any atom is 0.340 e. The molecule has 0 aliphatic heterocycles. The van der Waals surface area contributed by atoms with Gasteiger partial charge in [-0.05, 0) is 44.0 Å². The second-order valence-electron chi connectivity index (χ2n) is 5.64. The molecule has 0 aliphatic carbocycles. The fourth-order valence-corrected chi connectivity index (χ4v) is 2.52. The Labute approximate surface area is 138 Å². The first kappa shape index (κ1) is 17.5. The maximum absolute atomic E-state index is 12.2. The standard InChI is InChI=1S/C17H19NO6/c1-8-5-12(23-4)15-9(2)11(17(22)24-13(15)6-8)7-14(19)18-10(3)16(20)21/h5-6,10H,7H2,1-4H3,(H,18,19)(H,20,21)/t10-/m0/s1. The van der Waals surface area contributed by atoms with E-state index in [4.69, 9.17) is 14.3 Å². The van der Waals surface area contributed by atoms with E-state index in [0.717, 1.165) is 5.56 Å². The van der Waals surface area contributed by atoms with Crippen LogP contribution in [0, 0.1) is 13.8 Å². The molecule has 0 radical (unpaired) electrons. The number of methoxy groups -OCH3 is 1. The zero-order valence-electron chi connectivity index (χ0n) is 13.9. The first-order chi connectivity index (χ1) is 11.2. The first-order valence-electron chi connectivity index (χ1n) is 7.37. The number of carbonyl (C=O) groups excluding carboxylic acids is 1. The molecule has 2 aromatic rings. The predicted octanol–water partition coefficient (Wildman–Crippen LogP) is 1.55. The van der Waals surface area contributed by atoms with Gasteiger partial charge >= 0.3 is 11.6 Å². The van der Waals surface area contributed by atoms with Crippen LogP contribution in [0.25, 0.3) is 11.0 Å². The molecule has 7 heteroatoms. The zero-order valence-corrected chi connectivity index (χ0v) is 13.9. The van der Waals surface area contributed by atoms with Crippen LogP contribution in [0.5, 0.6) is 5.75 Å². The average molecular weight is 333 g/mol. The monoisotopic (exact) mass is 333 g/mol. The van der Waals surface area contributed by atoms with E-state index < -0.39 is 23.5 Å². The van der Waals surface area contributed by atoms with E-state index in [2.05, 4.69) is 5.32 Å². The summed E-state index contributed by atoms with van der Waals surface area (Å²) in [5.41, 5.74) is 1.40. The summed E-state index contributed by atoms with van der Waals surface area (Å²) < 4.78 is 10.7. The van der Waals surface area contributed by atoms with E-state index in [9.17, 15) is 14.4 Å². The van der Waals surface area contributed by atoms with E-state index in [1.165, 1.54) is 14.0 Å². The molecule has 0 fully saturated rings. The van der Waals surface area contributed by atoms with Gasteiger partial charge in [-0.1, -0.05) is 0 Å². The van der Waals surface area contributed by atoms with Crippen molar-refractivity contribution in [2.75, 3.05) is 7.11 Å². The van der Waals surface area contributed by atoms with Crippen LogP contribution in [0.3, 0.4) is 0 Å². The third-order valence-corrected chi connectivity index (χ3v) is 3.79. The van der Waals surface area contributed by atoms with Crippen molar-refractivity contribution in [3.05, 3.63) is 39.2 Å². The van der Waals surface area contributed by atoms with Crippen LogP contribution < -0.4 is 15.7 Å². The quantitative estimate of drug-likeness (QED) is 0.804. The number of hydrogen-bond acceptors (Lipinski definition) is 5. The fourth-order valence-electron chi connectivity index (χ4n) is 2.52. The third-order valence-electron chi connectivity index (χ3n) is 3.79. The number of benzene rings is 1. The van der Waals surface area contributed by atoms with Crippen LogP contribution in [0.2, 0.25) is 0 Å². The summed E-state index contributed by atoms with van der Waals surface area (Å²) >= 11 is 0. The van der Waals surface area contributed by atoms with Crippen molar-refractivity contribution in [3.63, 3.8) is 0 Å². The summed E-state index contributed by atoms with van der Waals surface area (Å²) in [6.07, 6.45) is -0.265. The second-order valence-corrected chi connectivity index (χ2v) is 5.64. The lowest BCUT2D eigenvalue weighted by molar-refractivity contribution is -0.141. The average Bonchev–Trinajstić information content (AvgIpc) is 2.49. The number of carboxylic acid groups (broad SMARTS) is 1. The van der Waals surface area contributed by atoms with Gasteiger partial charge in [0, 0.05) is 0 Å². The van der Waals surface area contributed by atoms with Crippen molar-refractivity contribution < 1.29 is 23.8 Å². The van der Waals surface area contributed by atoms with Gasteiger partial charge in [-0.3, -0.25) is 9.59 Å². The van der Waals surface area contributed by atoms with Crippen molar-refractivity contribution in [1.29, 1.82) is 0 Å². The zero-order chi connectivity index (χ0) is 18.0. The molecule has 1 amide bonds. The lowest BCUT2D eigenvalue weighted by Gasteiger charge is -2.13. The van der Waals surface area contributed by atoms with Crippen LogP contribution in [-0.4, -0.2) is 30.1 Å². The third kappa shape index (κ3) is 3.40. The fraction of sp³-hybridized carbons (Fsp3) is 0.353. The van der Waals surface area contributed by atoms with Crippen molar-refractivity contribution in [2.24, 2.45) is 0 Å². The largest absolute Gasteiger partial charge is 0.496 e. The molecule has 1 aromatic heterocycles. The SMILES string of the molecule is COc1cc(C)cc2oc(=O)c(CC(=O)N[C@@H](C)C(=O)O)c(C)c12. The molecular formula is C17H19NO6. The predicted molar refractivity (Wildman–Crippen MR) is 87.5 cm³/mol. The van der Waals surface area contributed by atoms with E-state index in [1.807, 2.05) is 13.0 Å². The number of aliphatic carboxylic acids is 1. The maximum atomic E-state index is 12.2. The van der Waals surface area contributed by atoms with Gasteiger partial charge in [0.1, 0.15) is 17.4 Å². The molecule has 24 heavy (non-hydrogen) atoms. The number of fused-ring (bicyclic) bond motifs is 1. The lowest BCUT2D eigenvalue weighted by atomic mass is 10.0. The number of nitrogens with one attached hydrogen (secondary N) is 1. The highest BCUT2D eigenvalue weighted by Gasteiger charge is 2.20. The lowest BCUT2D eigenvalue weighted by Crippen LogP contribution is -2.39. The molecule has 2 N–H and O–H groups in total. The number of aryl methyl sites for hydroxylation is 2. The highest BCUT2D eigenvalue weighted by molar-refractivity contribution is 5.90. The highest BCUT2D eigenvalue weighted by atomic mass is 16.5. The number of carbonyl (C=O) groups is 2. The van der Waals surface area contributed by atoms with E-state index in [1.54, 1.807) is 13.0 Å². The van der Waals surface area contributed by atoms with E-state index in [-0.39, 0.29) is 12.0 Å². The van der Waals surface area contributed by atoms with Crippen molar-refractivity contribution in [2.45, 2.75) is 33.2 Å². The Hall–Kier alpha value is -2.83. The Kier molecular flexibility index (Phi) is 4.92. The Morgan fingerprint density at radius 2 is 2.00 bits per heavy atom. The Morgan fingerprint density at radius 3 is 2.58 bits per heavy atom. The van der Waals surface area contributed by atoms with E-state index >= 15 is 0 Å². The van der Waals surface area contributed by atoms with Crippen LogP contribution in [0.15, 0.2) is 21.3 Å². The minimum atomic E-state index is -1.15. The van der Waals surface area contributed by atoms with Crippen LogP contribution >= 0.6 is 0 Å².